The van der Waals surface area contributed by atoms with Crippen molar-refractivity contribution < 1.29 is 14.5 Å². The van der Waals surface area contributed by atoms with Crippen molar-refractivity contribution in [1.29, 1.82) is 0 Å². The molecule has 0 amide bonds. The summed E-state index contributed by atoms with van der Waals surface area (Å²) < 4.78 is 5.54. The molecule has 0 unspecified atom stereocenters. The van der Waals surface area contributed by atoms with Crippen LogP contribution in [0, 0.1) is 56.5 Å². The van der Waals surface area contributed by atoms with Crippen molar-refractivity contribution >= 4 is 17.6 Å². The Hall–Kier alpha value is -0.840. The van der Waals surface area contributed by atoms with E-state index in [0.29, 0.717) is 30.6 Å². The molecule has 4 fully saturated rings. The highest BCUT2D eigenvalue weighted by molar-refractivity contribution is 6.25. The lowest BCUT2D eigenvalue weighted by atomic mass is 9.43. The predicted molar refractivity (Wildman–Crippen MR) is 140 cm³/mol. The zero-order chi connectivity index (χ0) is 25.8. The van der Waals surface area contributed by atoms with Crippen LogP contribution in [-0.4, -0.2) is 27.9 Å². The van der Waals surface area contributed by atoms with Gasteiger partial charge in [-0.05, 0) is 84.9 Å². The minimum Gasteiger partial charge on any atom is -0.462 e. The fourth-order valence-electron chi connectivity index (χ4n) is 9.81. The maximum atomic E-state index is 12.5. The van der Waals surface area contributed by atoms with Gasteiger partial charge in [-0.15, -0.1) is 11.6 Å². The number of nitro groups is 1. The summed E-state index contributed by atoms with van der Waals surface area (Å²) >= 11 is 7.38. The van der Waals surface area contributed by atoms with Gasteiger partial charge in [0, 0.05) is 24.7 Å². The number of alkyl halides is 1. The van der Waals surface area contributed by atoms with Crippen molar-refractivity contribution in [2.75, 3.05) is 0 Å². The van der Waals surface area contributed by atoms with Crippen molar-refractivity contribution in [1.82, 2.24) is 0 Å². The van der Waals surface area contributed by atoms with Crippen molar-refractivity contribution in [3.8, 4) is 0 Å². The summed E-state index contributed by atoms with van der Waals surface area (Å²) in [6.45, 7) is 13.3. The smallest absolute Gasteiger partial charge is 0.302 e. The SMILES string of the molecule is CC(=O)O[C@@H]1CC[C@]2(C)[C@H]3CC[C@]4(C)[C@@H]([C@H](C)CCCC(C)C)CC[C@H]4[C@@H]3C[C@@H]([N+](=O)[O-])[C@@]2(Cl)C1. The molecule has 0 N–H and O–H groups in total. The van der Waals surface area contributed by atoms with Gasteiger partial charge >= 0.3 is 5.97 Å². The predicted octanol–water partition coefficient (Wildman–Crippen LogP) is 7.66. The van der Waals surface area contributed by atoms with E-state index < -0.39 is 10.9 Å². The molecule has 4 aliphatic rings. The van der Waals surface area contributed by atoms with Crippen molar-refractivity contribution in [3.63, 3.8) is 0 Å². The minimum atomic E-state index is -0.952. The van der Waals surface area contributed by atoms with E-state index in [0.717, 1.165) is 37.0 Å². The number of carbonyl (C=O) groups excluding carboxylic acids is 1. The summed E-state index contributed by atoms with van der Waals surface area (Å²) in [6.07, 6.45) is 11.0. The Morgan fingerprint density at radius 2 is 1.80 bits per heavy atom. The molecule has 0 saturated heterocycles. The standard InChI is InChI=1S/C29H48ClNO4/c1-18(2)8-7-9-19(3)23-10-11-24-22-16-26(31(33)34)29(30)17-21(35-20(4)32)12-15-28(29,6)25(22)13-14-27(23,24)5/h18-19,21-26H,7-17H2,1-6H3/t19-,21-,22+,23-,24+,25+,26-,27-,28-,29+/m1/s1. The first-order chi connectivity index (χ1) is 16.3. The van der Waals surface area contributed by atoms with Crippen LogP contribution < -0.4 is 0 Å². The lowest BCUT2D eigenvalue weighted by Crippen LogP contribution is -2.67. The third-order valence-corrected chi connectivity index (χ3v) is 12.4. The van der Waals surface area contributed by atoms with Gasteiger partial charge in [0.15, 0.2) is 0 Å². The first-order valence-corrected chi connectivity index (χ1v) is 14.7. The Morgan fingerprint density at radius 1 is 1.09 bits per heavy atom. The molecule has 35 heavy (non-hydrogen) atoms. The summed E-state index contributed by atoms with van der Waals surface area (Å²) in [5, 5.41) is 12.5. The van der Waals surface area contributed by atoms with Gasteiger partial charge in [-0.1, -0.05) is 53.9 Å². The van der Waals surface area contributed by atoms with Gasteiger partial charge in [-0.3, -0.25) is 14.9 Å². The largest absolute Gasteiger partial charge is 0.462 e. The van der Waals surface area contributed by atoms with Gasteiger partial charge in [0.05, 0.1) is 0 Å². The fraction of sp³-hybridized carbons (Fsp3) is 0.966. The van der Waals surface area contributed by atoms with Gasteiger partial charge in [0.25, 0.3) is 0 Å². The maximum absolute atomic E-state index is 12.5. The van der Waals surface area contributed by atoms with E-state index in [1.807, 2.05) is 0 Å². The second kappa shape index (κ2) is 9.80. The van der Waals surface area contributed by atoms with Gasteiger partial charge in [0.1, 0.15) is 11.0 Å². The highest BCUT2D eigenvalue weighted by Gasteiger charge is 2.71. The number of halogens is 1. The highest BCUT2D eigenvalue weighted by Crippen LogP contribution is 2.70. The summed E-state index contributed by atoms with van der Waals surface area (Å²) in [4.78, 5) is 23.1. The van der Waals surface area contributed by atoms with Crippen molar-refractivity contribution in [2.24, 2.45) is 46.3 Å². The molecule has 200 valence electrons. The maximum Gasteiger partial charge on any atom is 0.302 e. The minimum absolute atomic E-state index is 0.0927. The molecule has 0 heterocycles. The number of ether oxygens (including phenoxy) is 1. The molecule has 10 atom stereocenters. The zero-order valence-electron chi connectivity index (χ0n) is 22.9. The van der Waals surface area contributed by atoms with E-state index in [1.54, 1.807) is 0 Å². The monoisotopic (exact) mass is 509 g/mol. The third-order valence-electron chi connectivity index (χ3n) is 11.5. The number of carbonyl (C=O) groups is 1. The number of hydrogen-bond acceptors (Lipinski definition) is 4. The Kier molecular flexibility index (Phi) is 7.62. The summed E-state index contributed by atoms with van der Waals surface area (Å²) in [5.41, 5.74) is -0.00860. The molecule has 0 aromatic carbocycles. The molecule has 0 radical (unpaired) electrons. The third kappa shape index (κ3) is 4.55. The van der Waals surface area contributed by atoms with Gasteiger partial charge < -0.3 is 4.74 Å². The first kappa shape index (κ1) is 27.2. The van der Waals surface area contributed by atoms with E-state index in [2.05, 4.69) is 34.6 Å². The molecule has 4 saturated carbocycles. The molecule has 0 aliphatic heterocycles. The molecule has 4 rings (SSSR count). The Labute approximate surface area is 217 Å². The van der Waals surface area contributed by atoms with E-state index in [4.69, 9.17) is 16.3 Å². The van der Waals surface area contributed by atoms with Gasteiger partial charge in [-0.2, -0.15) is 0 Å². The fourth-order valence-corrected chi connectivity index (χ4v) is 10.4. The molecule has 0 aromatic heterocycles. The van der Waals surface area contributed by atoms with E-state index in [9.17, 15) is 14.9 Å². The molecule has 4 aliphatic carbocycles. The van der Waals surface area contributed by atoms with Crippen LogP contribution >= 0.6 is 11.6 Å². The molecule has 0 spiro atoms. The number of fused-ring (bicyclic) bond motifs is 5. The van der Waals surface area contributed by atoms with Crippen LogP contribution in [0.4, 0.5) is 0 Å². The van der Waals surface area contributed by atoms with Crippen molar-refractivity contribution in [3.05, 3.63) is 10.1 Å². The molecule has 0 aromatic rings. The Morgan fingerprint density at radius 3 is 2.43 bits per heavy atom. The Balaban J connectivity index is 1.58. The lowest BCUT2D eigenvalue weighted by Gasteiger charge is -2.64. The number of esters is 1. The number of nitrogens with zero attached hydrogens (tertiary/aromatic N) is 1. The van der Waals surface area contributed by atoms with Crippen molar-refractivity contribution in [2.45, 2.75) is 129 Å². The first-order valence-electron chi connectivity index (χ1n) is 14.3. The molecule has 5 nitrogen and oxygen atoms in total. The van der Waals surface area contributed by atoms with Gasteiger partial charge in [0.2, 0.25) is 6.04 Å². The summed E-state index contributed by atoms with van der Waals surface area (Å²) in [6, 6.07) is -0.779. The summed E-state index contributed by atoms with van der Waals surface area (Å²) in [5.74, 6) is 3.24. The average molecular weight is 510 g/mol. The Bertz CT molecular complexity index is 819. The van der Waals surface area contributed by atoms with Crippen LogP contribution in [0.2, 0.25) is 0 Å². The van der Waals surface area contributed by atoms with Crippen LogP contribution in [0.3, 0.4) is 0 Å². The molecular weight excluding hydrogens is 462 g/mol. The quantitative estimate of drug-likeness (QED) is 0.153. The second-order valence-corrected chi connectivity index (χ2v) is 14.4. The van der Waals surface area contributed by atoms with Gasteiger partial charge in [-0.25, -0.2) is 0 Å². The number of rotatable bonds is 7. The zero-order valence-corrected chi connectivity index (χ0v) is 23.6. The number of hydrogen-bond donors (Lipinski definition) is 0. The normalized spacial score (nSPS) is 45.8. The van der Waals surface area contributed by atoms with E-state index >= 15 is 0 Å². The lowest BCUT2D eigenvalue weighted by molar-refractivity contribution is -0.543. The topological polar surface area (TPSA) is 69.4 Å². The molecular formula is C29H48ClNO4. The summed E-state index contributed by atoms with van der Waals surface area (Å²) in [7, 11) is 0. The van der Waals surface area contributed by atoms with Crippen LogP contribution in [0.15, 0.2) is 0 Å². The van der Waals surface area contributed by atoms with Crippen LogP contribution in [0.25, 0.3) is 0 Å². The average Bonchev–Trinajstić information content (AvgIpc) is 3.10. The second-order valence-electron chi connectivity index (χ2n) is 13.7. The van der Waals surface area contributed by atoms with Crippen LogP contribution in [0.5, 0.6) is 0 Å². The van der Waals surface area contributed by atoms with E-state index in [-0.39, 0.29) is 27.8 Å². The van der Waals surface area contributed by atoms with E-state index in [1.165, 1.54) is 45.4 Å². The molecule has 6 heteroatoms. The highest BCUT2D eigenvalue weighted by atomic mass is 35.5. The van der Waals surface area contributed by atoms with Crippen LogP contribution in [0.1, 0.15) is 112 Å². The molecule has 0 bridgehead atoms. The van der Waals surface area contributed by atoms with Crippen LogP contribution in [-0.2, 0) is 9.53 Å².